The van der Waals surface area contributed by atoms with E-state index in [0.717, 1.165) is 46.6 Å². The zero-order valence-electron chi connectivity index (χ0n) is 20.1. The average molecular weight is 468 g/mol. The van der Waals surface area contributed by atoms with Gasteiger partial charge in [0.2, 0.25) is 5.91 Å². The van der Waals surface area contributed by atoms with Gasteiger partial charge < -0.3 is 24.6 Å². The molecule has 2 fully saturated rings. The number of hydrogen-bond donors (Lipinski definition) is 2. The third-order valence-electron chi connectivity index (χ3n) is 7.14. The summed E-state index contributed by atoms with van der Waals surface area (Å²) in [4.78, 5) is 24.0. The molecule has 0 saturated heterocycles. The first-order chi connectivity index (χ1) is 16.4. The Morgan fingerprint density at radius 2 is 1.62 bits per heavy atom. The van der Waals surface area contributed by atoms with E-state index in [0.29, 0.717) is 25.1 Å². The van der Waals surface area contributed by atoms with Crippen molar-refractivity contribution in [3.05, 3.63) is 41.5 Å². The summed E-state index contributed by atoms with van der Waals surface area (Å²) >= 11 is 0. The van der Waals surface area contributed by atoms with Crippen LogP contribution < -0.4 is 14.8 Å². The van der Waals surface area contributed by atoms with Crippen LogP contribution in [0.1, 0.15) is 49.7 Å². The Kier molecular flexibility index (Phi) is 7.41. The number of anilines is 1. The van der Waals surface area contributed by atoms with Crippen molar-refractivity contribution in [2.24, 2.45) is 11.8 Å². The summed E-state index contributed by atoms with van der Waals surface area (Å²) in [6, 6.07) is 9.70. The van der Waals surface area contributed by atoms with E-state index in [1.165, 1.54) is 12.8 Å². The van der Waals surface area contributed by atoms with Crippen molar-refractivity contribution in [3.8, 4) is 22.6 Å². The summed E-state index contributed by atoms with van der Waals surface area (Å²) in [5, 5.41) is 12.2. The van der Waals surface area contributed by atoms with Crippen molar-refractivity contribution in [1.29, 1.82) is 0 Å². The van der Waals surface area contributed by atoms with Crippen LogP contribution in [0.3, 0.4) is 0 Å². The van der Waals surface area contributed by atoms with Gasteiger partial charge in [0.25, 0.3) is 0 Å². The molecule has 2 saturated carbocycles. The number of ether oxygens (including phenoxy) is 3. The van der Waals surface area contributed by atoms with Crippen LogP contribution >= 0.6 is 0 Å². The van der Waals surface area contributed by atoms with Gasteiger partial charge in [-0.3, -0.25) is 9.59 Å². The number of hydrogen-bond acceptors (Lipinski definition) is 5. The summed E-state index contributed by atoms with van der Waals surface area (Å²) in [5.41, 5.74) is 4.42. The van der Waals surface area contributed by atoms with Crippen LogP contribution in [0, 0.1) is 18.8 Å². The highest BCUT2D eigenvalue weighted by Crippen LogP contribution is 2.38. The minimum absolute atomic E-state index is 0.243. The first-order valence-electron chi connectivity index (χ1n) is 11.9. The quantitative estimate of drug-likeness (QED) is 0.527. The minimum atomic E-state index is -0.908. The molecule has 0 aromatic heterocycles. The van der Waals surface area contributed by atoms with E-state index in [4.69, 9.17) is 14.2 Å². The molecule has 0 aliphatic heterocycles. The molecule has 2 atom stereocenters. The van der Waals surface area contributed by atoms with Crippen LogP contribution in [-0.4, -0.2) is 37.3 Å². The Balaban J connectivity index is 1.63. The molecule has 0 heterocycles. The van der Waals surface area contributed by atoms with E-state index in [2.05, 4.69) is 5.32 Å². The first kappa shape index (κ1) is 24.1. The van der Waals surface area contributed by atoms with Crippen molar-refractivity contribution >= 4 is 17.6 Å². The van der Waals surface area contributed by atoms with Gasteiger partial charge in [-0.1, -0.05) is 18.9 Å². The van der Waals surface area contributed by atoms with Gasteiger partial charge in [-0.15, -0.1) is 0 Å². The van der Waals surface area contributed by atoms with E-state index >= 15 is 0 Å². The van der Waals surface area contributed by atoms with Crippen LogP contribution in [-0.2, 0) is 20.9 Å². The zero-order valence-corrected chi connectivity index (χ0v) is 20.1. The third kappa shape index (κ3) is 5.04. The SMILES string of the molecule is COc1cc(-c2ccc(NC(=O)[C@H]3CC[C@H]3C(=O)O)cc2COC2CCCC2)cc(OC)c1C. The molecule has 0 spiro atoms. The van der Waals surface area contributed by atoms with Gasteiger partial charge in [0.15, 0.2) is 0 Å². The maximum atomic E-state index is 12.7. The lowest BCUT2D eigenvalue weighted by Gasteiger charge is -2.32. The van der Waals surface area contributed by atoms with Crippen molar-refractivity contribution in [2.75, 3.05) is 19.5 Å². The lowest BCUT2D eigenvalue weighted by molar-refractivity contribution is -0.151. The van der Waals surface area contributed by atoms with Crippen molar-refractivity contribution in [3.63, 3.8) is 0 Å². The number of amides is 1. The largest absolute Gasteiger partial charge is 0.496 e. The molecule has 7 nitrogen and oxygen atoms in total. The second-order valence-electron chi connectivity index (χ2n) is 9.21. The number of rotatable bonds is 9. The summed E-state index contributed by atoms with van der Waals surface area (Å²) in [6.45, 7) is 2.37. The minimum Gasteiger partial charge on any atom is -0.496 e. The molecule has 7 heteroatoms. The Morgan fingerprint density at radius 3 is 2.18 bits per heavy atom. The number of carboxylic acids is 1. The maximum absolute atomic E-state index is 12.7. The number of nitrogens with one attached hydrogen (secondary N) is 1. The summed E-state index contributed by atoms with van der Waals surface area (Å²) in [7, 11) is 3.28. The van der Waals surface area contributed by atoms with E-state index in [-0.39, 0.29) is 12.0 Å². The fourth-order valence-electron chi connectivity index (χ4n) is 4.92. The molecule has 2 aliphatic rings. The van der Waals surface area contributed by atoms with Gasteiger partial charge in [0.05, 0.1) is 38.8 Å². The number of carbonyl (C=O) groups is 2. The highest BCUT2D eigenvalue weighted by molar-refractivity contribution is 5.96. The van der Waals surface area contributed by atoms with Crippen molar-refractivity contribution in [2.45, 2.75) is 58.2 Å². The molecule has 4 rings (SSSR count). The molecule has 2 N–H and O–H groups in total. The zero-order chi connectivity index (χ0) is 24.2. The van der Waals surface area contributed by atoms with E-state index in [1.807, 2.05) is 37.3 Å². The first-order valence-corrected chi connectivity index (χ1v) is 11.9. The molecule has 0 radical (unpaired) electrons. The fraction of sp³-hybridized carbons (Fsp3) is 0.481. The van der Waals surface area contributed by atoms with E-state index < -0.39 is 17.8 Å². The van der Waals surface area contributed by atoms with Crippen molar-refractivity contribution in [1.82, 2.24) is 0 Å². The highest BCUT2D eigenvalue weighted by atomic mass is 16.5. The van der Waals surface area contributed by atoms with Crippen LogP contribution in [0.25, 0.3) is 11.1 Å². The van der Waals surface area contributed by atoms with Gasteiger partial charge in [0, 0.05) is 11.3 Å². The second kappa shape index (κ2) is 10.5. The molecule has 0 bridgehead atoms. The molecule has 34 heavy (non-hydrogen) atoms. The molecule has 2 aromatic rings. The molecular weight excluding hydrogens is 434 g/mol. The fourth-order valence-corrected chi connectivity index (χ4v) is 4.92. The lowest BCUT2D eigenvalue weighted by Crippen LogP contribution is -2.41. The normalized spacial score (nSPS) is 20.0. The molecular formula is C27H33NO6. The monoisotopic (exact) mass is 467 g/mol. The summed E-state index contributed by atoms with van der Waals surface area (Å²) in [5.74, 6) is -0.765. The van der Waals surface area contributed by atoms with E-state index in [1.54, 1.807) is 14.2 Å². The standard InChI is InChI=1S/C27H33NO6/c1-16-24(32-2)13-17(14-25(16)33-3)21-9-8-19(12-18(21)15-34-20-6-4-5-7-20)28-26(29)22-10-11-23(22)27(30)31/h8-9,12-14,20,22-23H,4-7,10-11,15H2,1-3H3,(H,28,29)(H,30,31)/t22-,23+/m0/s1. The summed E-state index contributed by atoms with van der Waals surface area (Å²) < 4.78 is 17.4. The maximum Gasteiger partial charge on any atom is 0.307 e. The third-order valence-corrected chi connectivity index (χ3v) is 7.14. The van der Waals surface area contributed by atoms with Crippen LogP contribution in [0.15, 0.2) is 30.3 Å². The second-order valence-corrected chi connectivity index (χ2v) is 9.21. The Labute approximate surface area is 200 Å². The van der Waals surface area contributed by atoms with Gasteiger partial charge in [-0.25, -0.2) is 0 Å². The topological polar surface area (TPSA) is 94.1 Å². The lowest BCUT2D eigenvalue weighted by atomic mass is 9.73. The number of aliphatic carboxylic acids is 1. The molecule has 1 amide bonds. The smallest absolute Gasteiger partial charge is 0.307 e. The Morgan fingerprint density at radius 1 is 0.971 bits per heavy atom. The molecule has 2 aromatic carbocycles. The van der Waals surface area contributed by atoms with Crippen LogP contribution in [0.2, 0.25) is 0 Å². The summed E-state index contributed by atoms with van der Waals surface area (Å²) in [6.07, 6.45) is 5.90. The van der Waals surface area contributed by atoms with Gasteiger partial charge in [-0.2, -0.15) is 0 Å². The number of benzene rings is 2. The molecule has 2 aliphatic carbocycles. The van der Waals surface area contributed by atoms with Crippen molar-refractivity contribution < 1.29 is 28.9 Å². The molecule has 0 unspecified atom stereocenters. The Bertz CT molecular complexity index is 1030. The van der Waals surface area contributed by atoms with Gasteiger partial charge >= 0.3 is 5.97 Å². The van der Waals surface area contributed by atoms with Crippen LogP contribution in [0.5, 0.6) is 11.5 Å². The number of carboxylic acid groups (broad SMARTS) is 1. The van der Waals surface area contributed by atoms with Crippen LogP contribution in [0.4, 0.5) is 5.69 Å². The Hall–Kier alpha value is -3.06. The van der Waals surface area contributed by atoms with Gasteiger partial charge in [-0.05, 0) is 73.6 Å². The number of methoxy groups -OCH3 is 2. The highest BCUT2D eigenvalue weighted by Gasteiger charge is 2.41. The predicted octanol–water partition coefficient (Wildman–Crippen LogP) is 5.19. The molecule has 182 valence electrons. The van der Waals surface area contributed by atoms with Gasteiger partial charge in [0.1, 0.15) is 11.5 Å². The van der Waals surface area contributed by atoms with E-state index in [9.17, 15) is 14.7 Å². The average Bonchev–Trinajstić information content (AvgIpc) is 3.30. The predicted molar refractivity (Wildman–Crippen MR) is 129 cm³/mol. The number of carbonyl (C=O) groups excluding carboxylic acids is 1.